The summed E-state index contributed by atoms with van der Waals surface area (Å²) >= 11 is 0. The number of halogens is 2. The second-order valence-electron chi connectivity index (χ2n) is 6.81. The number of carbonyl (C=O) groups excluding carboxylic acids is 1. The molecule has 1 amide bonds. The van der Waals surface area contributed by atoms with E-state index in [1.165, 1.54) is 26.0 Å². The minimum absolute atomic E-state index is 0.00278. The van der Waals surface area contributed by atoms with Crippen molar-refractivity contribution >= 4 is 62.5 Å². The van der Waals surface area contributed by atoms with Gasteiger partial charge in [0, 0.05) is 37.1 Å². The lowest BCUT2D eigenvalue weighted by molar-refractivity contribution is -0.114. The first-order valence-corrected chi connectivity index (χ1v) is 8.50. The number of ether oxygens (including phenoxy) is 1. The molecule has 2 heterocycles. The molecular weight excluding hydrogens is 386 g/mol. The van der Waals surface area contributed by atoms with Crippen LogP contribution in [-0.4, -0.2) is 65.5 Å². The largest absolute Gasteiger partial charge is 0.505 e. The Morgan fingerprint density at radius 3 is 2.27 bits per heavy atom. The van der Waals surface area contributed by atoms with Crippen molar-refractivity contribution in [1.29, 1.82) is 0 Å². The van der Waals surface area contributed by atoms with Crippen LogP contribution in [-0.2, 0) is 10.7 Å². The third kappa shape index (κ3) is 5.99. The molecule has 14 heteroatoms. The SMILES string of the molecule is [B]C([B])([B])C([B])([B])Oc1cnc(NC(C)=O)cc1Nc1cc(C)nc(C(C)(F)F)n1. The van der Waals surface area contributed by atoms with Crippen LogP contribution in [0.5, 0.6) is 5.75 Å². The van der Waals surface area contributed by atoms with Gasteiger partial charge in [-0.15, -0.1) is 5.11 Å². The smallest absolute Gasteiger partial charge is 0.303 e. The van der Waals surface area contributed by atoms with Crippen molar-refractivity contribution in [3.05, 3.63) is 29.8 Å². The first-order valence-electron chi connectivity index (χ1n) is 8.50. The van der Waals surface area contributed by atoms with Crippen LogP contribution in [0.3, 0.4) is 0 Å². The van der Waals surface area contributed by atoms with Crippen LogP contribution in [0.25, 0.3) is 0 Å². The van der Waals surface area contributed by atoms with E-state index in [9.17, 15) is 13.6 Å². The minimum atomic E-state index is -3.27. The van der Waals surface area contributed by atoms with Crippen LogP contribution >= 0.6 is 0 Å². The second kappa shape index (κ2) is 8.31. The Morgan fingerprint density at radius 1 is 1.10 bits per heavy atom. The maximum Gasteiger partial charge on any atom is 0.303 e. The molecule has 2 aromatic rings. The molecule has 0 spiro atoms. The van der Waals surface area contributed by atoms with Crippen molar-refractivity contribution < 1.29 is 18.3 Å². The minimum Gasteiger partial charge on any atom is -0.505 e. The molecule has 144 valence electrons. The number of aryl methyl sites for hydroxylation is 1. The van der Waals surface area contributed by atoms with Crippen LogP contribution < -0.4 is 15.4 Å². The summed E-state index contributed by atoms with van der Waals surface area (Å²) in [7, 11) is 28.1. The Kier molecular flexibility index (Phi) is 6.59. The van der Waals surface area contributed by atoms with Crippen molar-refractivity contribution in [3.63, 3.8) is 0 Å². The van der Waals surface area contributed by atoms with Gasteiger partial charge in [0.2, 0.25) is 11.7 Å². The molecule has 0 fully saturated rings. The van der Waals surface area contributed by atoms with Crippen LogP contribution in [0, 0.1) is 6.92 Å². The van der Waals surface area contributed by atoms with E-state index in [0.717, 1.165) is 6.20 Å². The van der Waals surface area contributed by atoms with Gasteiger partial charge in [-0.25, -0.2) is 15.0 Å². The van der Waals surface area contributed by atoms with E-state index in [-0.39, 0.29) is 28.8 Å². The molecule has 30 heavy (non-hydrogen) atoms. The van der Waals surface area contributed by atoms with Gasteiger partial charge in [-0.2, -0.15) is 8.78 Å². The maximum atomic E-state index is 13.7. The third-order valence-electron chi connectivity index (χ3n) is 3.64. The van der Waals surface area contributed by atoms with E-state index < -0.39 is 28.2 Å². The highest BCUT2D eigenvalue weighted by atomic mass is 19.3. The fourth-order valence-corrected chi connectivity index (χ4v) is 2.11. The number of nitrogens with zero attached hydrogens (tertiary/aromatic N) is 3. The molecule has 0 aliphatic rings. The number of rotatable bonds is 7. The normalized spacial score (nSPS) is 12.3. The van der Waals surface area contributed by atoms with E-state index in [4.69, 9.17) is 44.0 Å². The summed E-state index contributed by atoms with van der Waals surface area (Å²) in [5, 5.41) is 0.847. The van der Waals surface area contributed by atoms with Gasteiger partial charge in [-0.3, -0.25) is 4.79 Å². The lowest BCUT2D eigenvalue weighted by atomic mass is 9.28. The Labute approximate surface area is 179 Å². The molecule has 2 rings (SSSR count). The number of pyridine rings is 1. The monoisotopic (exact) mass is 401 g/mol. The van der Waals surface area contributed by atoms with Crippen LogP contribution in [0.15, 0.2) is 18.3 Å². The maximum absolute atomic E-state index is 13.7. The van der Waals surface area contributed by atoms with Gasteiger partial charge in [-0.05, 0) is 6.92 Å². The fraction of sp³-hybridized carbons (Fsp3) is 0.375. The van der Waals surface area contributed by atoms with Crippen LogP contribution in [0.4, 0.5) is 26.1 Å². The first-order chi connectivity index (χ1) is 13.6. The summed E-state index contributed by atoms with van der Waals surface area (Å²) in [6.45, 7) is 3.46. The molecule has 2 aromatic heterocycles. The van der Waals surface area contributed by atoms with Gasteiger partial charge in [0.15, 0.2) is 5.75 Å². The molecule has 10 radical (unpaired) electrons. The topological polar surface area (TPSA) is 89.0 Å². The lowest BCUT2D eigenvalue weighted by Crippen LogP contribution is -2.51. The van der Waals surface area contributed by atoms with Crippen LogP contribution in [0.2, 0.25) is 5.11 Å². The highest BCUT2D eigenvalue weighted by Crippen LogP contribution is 2.35. The summed E-state index contributed by atoms with van der Waals surface area (Å²) in [6.07, 6.45) is 1.15. The average Bonchev–Trinajstić information content (AvgIpc) is 2.54. The Bertz CT molecular complexity index is 951. The van der Waals surface area contributed by atoms with E-state index in [2.05, 4.69) is 25.6 Å². The number of hydrogen-bond acceptors (Lipinski definition) is 6. The van der Waals surface area contributed by atoms with Crippen molar-refractivity contribution in [2.24, 2.45) is 0 Å². The van der Waals surface area contributed by atoms with Gasteiger partial charge >= 0.3 is 5.92 Å². The quantitative estimate of drug-likeness (QED) is 0.673. The highest BCUT2D eigenvalue weighted by Gasteiger charge is 2.33. The Morgan fingerprint density at radius 2 is 1.73 bits per heavy atom. The number of anilines is 3. The van der Waals surface area contributed by atoms with Gasteiger partial charge in [-0.1, -0.05) is 0 Å². The standard InChI is InChI=1S/C16H14B5F2N5O2/c1-7-4-12(28-13(25-7)14(3,22)23)27-9-5-11(26-8(2)29)24-6-10(9)30-16(20,21)15(17,18)19/h4-6H,1-3H3,(H2,24,25,26,27,28,29). The van der Waals surface area contributed by atoms with Gasteiger partial charge in [0.05, 0.1) is 35.4 Å². The first kappa shape index (κ1) is 23.8. The predicted octanol–water partition coefficient (Wildman–Crippen LogP) is 0.943. The van der Waals surface area contributed by atoms with Gasteiger partial charge < -0.3 is 15.4 Å². The van der Waals surface area contributed by atoms with Crippen molar-refractivity contribution in [3.8, 4) is 5.75 Å². The molecule has 0 bridgehead atoms. The highest BCUT2D eigenvalue weighted by molar-refractivity contribution is 6.66. The summed E-state index contributed by atoms with van der Waals surface area (Å²) in [4.78, 5) is 22.8. The molecular formula is C16H14B5F2N5O2. The van der Waals surface area contributed by atoms with Gasteiger partial charge in [0.1, 0.15) is 27.3 Å². The molecule has 0 atom stereocenters. The lowest BCUT2D eigenvalue weighted by Gasteiger charge is -2.42. The number of alkyl halides is 2. The molecule has 0 aromatic carbocycles. The Balaban J connectivity index is 2.51. The molecule has 0 aliphatic heterocycles. The molecule has 2 N–H and O–H groups in total. The average molecular weight is 400 g/mol. The van der Waals surface area contributed by atoms with Crippen molar-refractivity contribution in [1.82, 2.24) is 15.0 Å². The predicted molar refractivity (Wildman–Crippen MR) is 113 cm³/mol. The molecule has 0 saturated carbocycles. The number of aromatic nitrogens is 3. The fourth-order valence-electron chi connectivity index (χ4n) is 2.11. The zero-order chi connectivity index (χ0) is 22.9. The molecule has 7 nitrogen and oxygen atoms in total. The summed E-state index contributed by atoms with van der Waals surface area (Å²) in [5.74, 6) is -4.35. The number of hydrogen-bond donors (Lipinski definition) is 2. The molecule has 0 unspecified atom stereocenters. The van der Waals surface area contributed by atoms with Crippen molar-refractivity contribution in [2.75, 3.05) is 10.6 Å². The summed E-state index contributed by atoms with van der Waals surface area (Å²) in [5.41, 5.74) is 0.376. The third-order valence-corrected chi connectivity index (χ3v) is 3.64. The van der Waals surface area contributed by atoms with E-state index in [1.807, 2.05) is 0 Å². The van der Waals surface area contributed by atoms with E-state index in [1.54, 1.807) is 0 Å². The van der Waals surface area contributed by atoms with E-state index >= 15 is 0 Å². The second-order valence-corrected chi connectivity index (χ2v) is 6.81. The number of carbonyl (C=O) groups is 1. The Hall–Kier alpha value is -2.52. The molecule has 0 aliphatic carbocycles. The number of nitrogens with one attached hydrogen (secondary N) is 2. The zero-order valence-electron chi connectivity index (χ0n) is 16.5. The van der Waals surface area contributed by atoms with Gasteiger partial charge in [0.25, 0.3) is 0 Å². The van der Waals surface area contributed by atoms with E-state index in [0.29, 0.717) is 6.92 Å². The van der Waals surface area contributed by atoms with Crippen LogP contribution in [0.1, 0.15) is 25.4 Å². The zero-order valence-corrected chi connectivity index (χ0v) is 16.5. The summed E-state index contributed by atoms with van der Waals surface area (Å²) < 4.78 is 32.8. The number of amides is 1. The summed E-state index contributed by atoms with van der Waals surface area (Å²) in [6, 6.07) is 2.74. The molecule has 0 saturated heterocycles. The van der Waals surface area contributed by atoms with Crippen molar-refractivity contribution in [2.45, 2.75) is 37.2 Å².